The van der Waals surface area contributed by atoms with Crippen molar-refractivity contribution in [3.05, 3.63) is 47.8 Å². The van der Waals surface area contributed by atoms with E-state index in [0.29, 0.717) is 12.0 Å². The van der Waals surface area contributed by atoms with E-state index in [4.69, 9.17) is 5.73 Å². The summed E-state index contributed by atoms with van der Waals surface area (Å²) in [6.45, 7) is 10.2. The standard InChI is InChI=1S/C18H27FN2/c1-14(2)13-18(20,16-9-5-6-10-17(16)19)15(3)21-11-7-4-8-12-21/h5-6,9-10,15H,1,4,7-8,11-13,20H2,2-3H3. The number of nitrogens with zero attached hydrogens (tertiary/aromatic N) is 1. The fourth-order valence-electron chi connectivity index (χ4n) is 3.44. The first-order valence-electron chi connectivity index (χ1n) is 7.87. The monoisotopic (exact) mass is 290 g/mol. The summed E-state index contributed by atoms with van der Waals surface area (Å²) in [6, 6.07) is 6.98. The SMILES string of the molecule is C=C(C)CC(N)(c1ccccc1F)C(C)N1CCCCC1. The Hall–Kier alpha value is -1.19. The van der Waals surface area contributed by atoms with Gasteiger partial charge in [0, 0.05) is 11.6 Å². The molecule has 1 saturated heterocycles. The van der Waals surface area contributed by atoms with E-state index in [9.17, 15) is 4.39 Å². The van der Waals surface area contributed by atoms with Crippen LogP contribution in [-0.2, 0) is 5.54 Å². The van der Waals surface area contributed by atoms with E-state index in [1.54, 1.807) is 6.07 Å². The van der Waals surface area contributed by atoms with E-state index < -0.39 is 5.54 Å². The molecule has 1 aromatic rings. The number of halogens is 1. The quantitative estimate of drug-likeness (QED) is 0.835. The van der Waals surface area contributed by atoms with Crippen molar-refractivity contribution in [3.63, 3.8) is 0 Å². The molecule has 0 bridgehead atoms. The molecule has 2 N–H and O–H groups in total. The smallest absolute Gasteiger partial charge is 0.128 e. The van der Waals surface area contributed by atoms with Crippen LogP contribution in [0.1, 0.15) is 45.1 Å². The molecule has 1 aromatic carbocycles. The van der Waals surface area contributed by atoms with E-state index in [-0.39, 0.29) is 11.9 Å². The van der Waals surface area contributed by atoms with Crippen LogP contribution in [0, 0.1) is 5.82 Å². The van der Waals surface area contributed by atoms with E-state index in [0.717, 1.165) is 18.7 Å². The Morgan fingerprint density at radius 1 is 1.33 bits per heavy atom. The lowest BCUT2D eigenvalue weighted by Crippen LogP contribution is -2.56. The molecule has 0 amide bonds. The summed E-state index contributed by atoms with van der Waals surface area (Å²) in [6.07, 6.45) is 4.28. The summed E-state index contributed by atoms with van der Waals surface area (Å²) in [4.78, 5) is 2.40. The summed E-state index contributed by atoms with van der Waals surface area (Å²) < 4.78 is 14.3. The van der Waals surface area contributed by atoms with Gasteiger partial charge in [-0.25, -0.2) is 4.39 Å². The second-order valence-corrected chi connectivity index (χ2v) is 6.43. The van der Waals surface area contributed by atoms with E-state index in [2.05, 4.69) is 18.4 Å². The lowest BCUT2D eigenvalue weighted by atomic mass is 9.78. The average molecular weight is 290 g/mol. The minimum Gasteiger partial charge on any atom is -0.320 e. The predicted octanol–water partition coefficient (Wildman–Crippen LogP) is 3.82. The number of nitrogens with two attached hydrogens (primary N) is 1. The molecule has 2 unspecified atom stereocenters. The molecule has 116 valence electrons. The first kappa shape index (κ1) is 16.2. The molecule has 1 aliphatic heterocycles. The van der Waals surface area contributed by atoms with Crippen molar-refractivity contribution in [3.8, 4) is 0 Å². The highest BCUT2D eigenvalue weighted by atomic mass is 19.1. The molecule has 1 fully saturated rings. The van der Waals surface area contributed by atoms with Crippen molar-refractivity contribution in [2.24, 2.45) is 5.73 Å². The molecule has 2 rings (SSSR count). The third kappa shape index (κ3) is 3.53. The Kier molecular flexibility index (Phi) is 5.17. The molecule has 1 heterocycles. The second-order valence-electron chi connectivity index (χ2n) is 6.43. The lowest BCUT2D eigenvalue weighted by molar-refractivity contribution is 0.106. The maximum absolute atomic E-state index is 14.3. The first-order chi connectivity index (χ1) is 9.95. The molecule has 2 nitrogen and oxygen atoms in total. The van der Waals surface area contributed by atoms with Gasteiger partial charge in [0.25, 0.3) is 0 Å². The average Bonchev–Trinajstić information content (AvgIpc) is 2.47. The highest BCUT2D eigenvalue weighted by Crippen LogP contribution is 2.34. The molecule has 21 heavy (non-hydrogen) atoms. The van der Waals surface area contributed by atoms with Crippen LogP contribution >= 0.6 is 0 Å². The van der Waals surface area contributed by atoms with Crippen LogP contribution in [0.15, 0.2) is 36.4 Å². The number of likely N-dealkylation sites (tertiary alicyclic amines) is 1. The Morgan fingerprint density at radius 3 is 2.52 bits per heavy atom. The zero-order valence-electron chi connectivity index (χ0n) is 13.2. The third-order valence-electron chi connectivity index (χ3n) is 4.65. The van der Waals surface area contributed by atoms with Crippen LogP contribution in [0.4, 0.5) is 4.39 Å². The fourth-order valence-corrected chi connectivity index (χ4v) is 3.44. The summed E-state index contributed by atoms with van der Waals surface area (Å²) in [5, 5.41) is 0. The molecule has 1 aliphatic rings. The van der Waals surface area contributed by atoms with Crippen LogP contribution in [-0.4, -0.2) is 24.0 Å². The fraction of sp³-hybridized carbons (Fsp3) is 0.556. The van der Waals surface area contributed by atoms with E-state index >= 15 is 0 Å². The van der Waals surface area contributed by atoms with Gasteiger partial charge in [-0.1, -0.05) is 30.2 Å². The third-order valence-corrected chi connectivity index (χ3v) is 4.65. The lowest BCUT2D eigenvalue weighted by Gasteiger charge is -2.44. The Bertz CT molecular complexity index is 494. The molecule has 0 radical (unpaired) electrons. The van der Waals surface area contributed by atoms with Gasteiger partial charge in [0.2, 0.25) is 0 Å². The number of hydrogen-bond acceptors (Lipinski definition) is 2. The van der Waals surface area contributed by atoms with Crippen LogP contribution < -0.4 is 5.73 Å². The van der Waals surface area contributed by atoms with Gasteiger partial charge in [0.15, 0.2) is 0 Å². The highest BCUT2D eigenvalue weighted by molar-refractivity contribution is 5.30. The van der Waals surface area contributed by atoms with Crippen molar-refractivity contribution in [1.29, 1.82) is 0 Å². The van der Waals surface area contributed by atoms with E-state index in [1.165, 1.54) is 25.3 Å². The normalized spacial score (nSPS) is 20.8. The Balaban J connectivity index is 2.36. The zero-order chi connectivity index (χ0) is 15.5. The topological polar surface area (TPSA) is 29.3 Å². The van der Waals surface area contributed by atoms with Gasteiger partial charge >= 0.3 is 0 Å². The Labute approximate surface area is 127 Å². The molecule has 2 atom stereocenters. The minimum absolute atomic E-state index is 0.0893. The van der Waals surface area contributed by atoms with Crippen molar-refractivity contribution < 1.29 is 4.39 Å². The molecular weight excluding hydrogens is 263 g/mol. The summed E-state index contributed by atoms with van der Waals surface area (Å²) in [5.74, 6) is -0.217. The van der Waals surface area contributed by atoms with Crippen molar-refractivity contribution in [1.82, 2.24) is 4.90 Å². The molecule has 0 spiro atoms. The summed E-state index contributed by atoms with van der Waals surface area (Å²) >= 11 is 0. The van der Waals surface area contributed by atoms with Gasteiger partial charge in [0.1, 0.15) is 5.82 Å². The van der Waals surface area contributed by atoms with Crippen LogP contribution in [0.3, 0.4) is 0 Å². The summed E-state index contributed by atoms with van der Waals surface area (Å²) in [7, 11) is 0. The highest BCUT2D eigenvalue weighted by Gasteiger charge is 2.39. The largest absolute Gasteiger partial charge is 0.320 e. The van der Waals surface area contributed by atoms with E-state index in [1.807, 2.05) is 19.1 Å². The summed E-state index contributed by atoms with van der Waals surface area (Å²) in [5.41, 5.74) is 7.62. The predicted molar refractivity (Wildman–Crippen MR) is 86.6 cm³/mol. The number of hydrogen-bond donors (Lipinski definition) is 1. The van der Waals surface area contributed by atoms with Crippen LogP contribution in [0.5, 0.6) is 0 Å². The van der Waals surface area contributed by atoms with Gasteiger partial charge < -0.3 is 5.73 Å². The van der Waals surface area contributed by atoms with Crippen molar-refractivity contribution in [2.45, 2.75) is 51.1 Å². The van der Waals surface area contributed by atoms with Gasteiger partial charge in [-0.15, -0.1) is 6.58 Å². The zero-order valence-corrected chi connectivity index (χ0v) is 13.2. The van der Waals surface area contributed by atoms with Gasteiger partial charge in [0.05, 0.1) is 5.54 Å². The van der Waals surface area contributed by atoms with Crippen molar-refractivity contribution >= 4 is 0 Å². The molecule has 0 aliphatic carbocycles. The van der Waals surface area contributed by atoms with Crippen LogP contribution in [0.25, 0.3) is 0 Å². The molecular formula is C18H27FN2. The molecule has 0 aromatic heterocycles. The second kappa shape index (κ2) is 6.71. The van der Waals surface area contributed by atoms with Gasteiger partial charge in [-0.2, -0.15) is 0 Å². The maximum atomic E-state index is 14.3. The maximum Gasteiger partial charge on any atom is 0.128 e. The van der Waals surface area contributed by atoms with Gasteiger partial charge in [-0.3, -0.25) is 4.90 Å². The number of rotatable bonds is 5. The van der Waals surface area contributed by atoms with Gasteiger partial charge in [-0.05, 0) is 52.3 Å². The van der Waals surface area contributed by atoms with Crippen molar-refractivity contribution in [2.75, 3.05) is 13.1 Å². The molecule has 3 heteroatoms. The number of piperidine rings is 1. The minimum atomic E-state index is -0.728. The first-order valence-corrected chi connectivity index (χ1v) is 7.87. The molecule has 0 saturated carbocycles. The number of benzene rings is 1. The van der Waals surface area contributed by atoms with Crippen LogP contribution in [0.2, 0.25) is 0 Å². The Morgan fingerprint density at radius 2 is 1.95 bits per heavy atom.